The minimum atomic E-state index is -4.19. The van der Waals surface area contributed by atoms with E-state index in [1.54, 1.807) is 29.2 Å². The third-order valence-corrected chi connectivity index (χ3v) is 7.32. The second kappa shape index (κ2) is 12.5. The molecule has 4 rings (SSSR count). The minimum absolute atomic E-state index is 0.176. The van der Waals surface area contributed by atoms with Gasteiger partial charge in [-0.25, -0.2) is 8.78 Å². The summed E-state index contributed by atoms with van der Waals surface area (Å²) in [4.78, 5) is 26.6. The topological polar surface area (TPSA) is 133 Å². The molecule has 0 radical (unpaired) electrons. The van der Waals surface area contributed by atoms with Crippen LogP contribution in [0, 0.1) is 17.6 Å². The van der Waals surface area contributed by atoms with E-state index >= 15 is 0 Å². The van der Waals surface area contributed by atoms with Gasteiger partial charge in [-0.3, -0.25) is 14.1 Å². The van der Waals surface area contributed by atoms with Gasteiger partial charge in [0.2, 0.25) is 5.91 Å². The molecule has 9 nitrogen and oxygen atoms in total. The van der Waals surface area contributed by atoms with Gasteiger partial charge in [0.05, 0.1) is 23.8 Å². The number of halogens is 2. The van der Waals surface area contributed by atoms with Crippen LogP contribution >= 0.6 is 0 Å². The lowest BCUT2D eigenvalue weighted by Gasteiger charge is -2.48. The molecular weight excluding hydrogens is 546 g/mol. The van der Waals surface area contributed by atoms with Gasteiger partial charge in [0.1, 0.15) is 17.4 Å². The van der Waals surface area contributed by atoms with Crippen molar-refractivity contribution in [1.29, 1.82) is 0 Å². The van der Waals surface area contributed by atoms with Crippen LogP contribution in [0.1, 0.15) is 36.1 Å². The van der Waals surface area contributed by atoms with E-state index in [1.807, 2.05) is 0 Å². The van der Waals surface area contributed by atoms with Crippen molar-refractivity contribution in [3.8, 4) is 5.75 Å². The van der Waals surface area contributed by atoms with E-state index in [0.29, 0.717) is 23.4 Å². The van der Waals surface area contributed by atoms with E-state index in [0.717, 1.165) is 5.56 Å². The lowest BCUT2D eigenvalue weighted by Crippen LogP contribution is -2.55. The molecule has 12 heteroatoms. The van der Waals surface area contributed by atoms with Crippen molar-refractivity contribution in [2.24, 2.45) is 5.92 Å². The van der Waals surface area contributed by atoms with E-state index < -0.39 is 51.5 Å². The summed E-state index contributed by atoms with van der Waals surface area (Å²) in [5.74, 6) is -2.32. The van der Waals surface area contributed by atoms with Gasteiger partial charge in [-0.2, -0.15) is 8.42 Å². The SMILES string of the molecule is O=C(COc1ccc(C2C(CCC(O)c3ccc(F)cc3)C(=O)N2c2ccc(F)cc2)cc1)NCCS(=O)(=O)O. The fourth-order valence-corrected chi connectivity index (χ4v) is 4.93. The van der Waals surface area contributed by atoms with E-state index in [9.17, 15) is 31.9 Å². The second-order valence-electron chi connectivity index (χ2n) is 9.37. The van der Waals surface area contributed by atoms with Crippen LogP contribution in [0.4, 0.5) is 14.5 Å². The normalized spacial score (nSPS) is 17.7. The van der Waals surface area contributed by atoms with Crippen molar-refractivity contribution >= 4 is 27.6 Å². The molecule has 0 spiro atoms. The predicted molar refractivity (Wildman–Crippen MR) is 142 cm³/mol. The number of amides is 2. The van der Waals surface area contributed by atoms with Crippen molar-refractivity contribution in [3.63, 3.8) is 0 Å². The molecule has 40 heavy (non-hydrogen) atoms. The number of aliphatic hydroxyl groups is 1. The third-order valence-electron chi connectivity index (χ3n) is 6.60. The van der Waals surface area contributed by atoms with Gasteiger partial charge in [-0.05, 0) is 72.5 Å². The average Bonchev–Trinajstić information content (AvgIpc) is 2.91. The van der Waals surface area contributed by atoms with Crippen LogP contribution in [0.2, 0.25) is 0 Å². The highest BCUT2D eigenvalue weighted by atomic mass is 32.2. The van der Waals surface area contributed by atoms with Gasteiger partial charge in [0, 0.05) is 12.2 Å². The predicted octanol–water partition coefficient (Wildman–Crippen LogP) is 3.57. The van der Waals surface area contributed by atoms with Crippen molar-refractivity contribution in [2.45, 2.75) is 25.0 Å². The summed E-state index contributed by atoms with van der Waals surface area (Å²) < 4.78 is 62.4. The number of hydrogen-bond donors (Lipinski definition) is 3. The zero-order valence-electron chi connectivity index (χ0n) is 21.2. The van der Waals surface area contributed by atoms with Crippen LogP contribution in [0.3, 0.4) is 0 Å². The molecule has 1 aliphatic rings. The van der Waals surface area contributed by atoms with Crippen molar-refractivity contribution < 1.29 is 41.2 Å². The maximum absolute atomic E-state index is 13.5. The quantitative estimate of drug-likeness (QED) is 0.223. The number of ether oxygens (including phenoxy) is 1. The molecule has 3 aromatic rings. The minimum Gasteiger partial charge on any atom is -0.484 e. The Morgan fingerprint density at radius 2 is 1.57 bits per heavy atom. The number of anilines is 1. The number of nitrogens with zero attached hydrogens (tertiary/aromatic N) is 1. The third kappa shape index (κ3) is 7.40. The monoisotopic (exact) mass is 574 g/mol. The maximum Gasteiger partial charge on any atom is 0.266 e. The van der Waals surface area contributed by atoms with Crippen LogP contribution in [0.25, 0.3) is 0 Å². The summed E-state index contributed by atoms with van der Waals surface area (Å²) in [6.45, 7) is -0.634. The Labute approximate surface area is 230 Å². The molecule has 1 fully saturated rings. The Balaban J connectivity index is 1.43. The Bertz CT molecular complexity index is 1430. The summed E-state index contributed by atoms with van der Waals surface area (Å²) in [5.41, 5.74) is 1.83. The molecule has 1 aliphatic heterocycles. The van der Waals surface area contributed by atoms with Crippen molar-refractivity contribution in [2.75, 3.05) is 23.8 Å². The van der Waals surface area contributed by atoms with Gasteiger partial charge in [-0.1, -0.05) is 24.3 Å². The Morgan fingerprint density at radius 3 is 2.17 bits per heavy atom. The van der Waals surface area contributed by atoms with E-state index in [4.69, 9.17) is 9.29 Å². The van der Waals surface area contributed by atoms with Crippen LogP contribution < -0.4 is 15.0 Å². The number of hydrogen-bond acceptors (Lipinski definition) is 6. The first kappa shape index (κ1) is 29.1. The summed E-state index contributed by atoms with van der Waals surface area (Å²) >= 11 is 0. The molecule has 212 valence electrons. The lowest BCUT2D eigenvalue weighted by atomic mass is 9.78. The number of aliphatic hydroxyl groups excluding tert-OH is 1. The Hall–Kier alpha value is -3.87. The molecule has 3 N–H and O–H groups in total. The molecule has 2 amide bonds. The van der Waals surface area contributed by atoms with Gasteiger partial charge in [0.15, 0.2) is 6.61 Å². The highest BCUT2D eigenvalue weighted by Gasteiger charge is 2.48. The van der Waals surface area contributed by atoms with Crippen LogP contribution in [0.15, 0.2) is 72.8 Å². The van der Waals surface area contributed by atoms with Gasteiger partial charge in [-0.15, -0.1) is 0 Å². The number of rotatable bonds is 12. The largest absolute Gasteiger partial charge is 0.484 e. The highest BCUT2D eigenvalue weighted by Crippen LogP contribution is 2.46. The molecule has 0 aromatic heterocycles. The summed E-state index contributed by atoms with van der Waals surface area (Å²) in [6, 6.07) is 17.4. The summed E-state index contributed by atoms with van der Waals surface area (Å²) in [5, 5.41) is 12.9. The van der Waals surface area contributed by atoms with E-state index in [-0.39, 0.29) is 25.5 Å². The first-order chi connectivity index (χ1) is 19.0. The van der Waals surface area contributed by atoms with Crippen LogP contribution in [-0.4, -0.2) is 48.8 Å². The molecule has 0 saturated carbocycles. The molecule has 3 aromatic carbocycles. The van der Waals surface area contributed by atoms with Crippen molar-refractivity contribution in [1.82, 2.24) is 5.32 Å². The van der Waals surface area contributed by atoms with Gasteiger partial charge >= 0.3 is 0 Å². The van der Waals surface area contributed by atoms with Gasteiger partial charge < -0.3 is 20.1 Å². The molecule has 1 saturated heterocycles. The molecule has 1 heterocycles. The Kier molecular flexibility index (Phi) is 9.13. The van der Waals surface area contributed by atoms with Crippen LogP contribution in [-0.2, 0) is 19.7 Å². The standard InChI is InChI=1S/C28H28F2N2O7S/c29-20-5-1-18(2-6-20)25(33)14-13-24-27(32(28(24)35)22-9-7-21(30)8-10-22)19-3-11-23(12-4-19)39-17-26(34)31-15-16-40(36,37)38/h1-12,24-25,27,33H,13-17H2,(H,31,34)(H,36,37,38). The molecule has 3 unspecified atom stereocenters. The maximum atomic E-state index is 13.5. The molecular formula is C28H28F2N2O7S. The summed E-state index contributed by atoms with van der Waals surface area (Å²) in [7, 11) is -4.19. The van der Waals surface area contributed by atoms with E-state index in [1.165, 1.54) is 48.5 Å². The summed E-state index contributed by atoms with van der Waals surface area (Å²) in [6.07, 6.45) is -0.265. The van der Waals surface area contributed by atoms with Gasteiger partial charge in [0.25, 0.3) is 16.0 Å². The number of carbonyl (C=O) groups excluding carboxylic acids is 2. The smallest absolute Gasteiger partial charge is 0.266 e. The molecule has 3 atom stereocenters. The fourth-order valence-electron chi connectivity index (χ4n) is 4.57. The second-order valence-corrected chi connectivity index (χ2v) is 10.9. The zero-order valence-corrected chi connectivity index (χ0v) is 22.1. The number of β-lactam (4-membered cyclic amide) rings is 1. The number of nitrogens with one attached hydrogen (secondary N) is 1. The fraction of sp³-hybridized carbons (Fsp3) is 0.286. The molecule has 0 bridgehead atoms. The zero-order chi connectivity index (χ0) is 28.9. The van der Waals surface area contributed by atoms with Crippen molar-refractivity contribution in [3.05, 3.63) is 95.6 Å². The molecule has 0 aliphatic carbocycles. The van der Waals surface area contributed by atoms with E-state index in [2.05, 4.69) is 5.32 Å². The van der Waals surface area contributed by atoms with Crippen LogP contribution in [0.5, 0.6) is 5.75 Å². The first-order valence-corrected chi connectivity index (χ1v) is 14.1. The lowest BCUT2D eigenvalue weighted by molar-refractivity contribution is -0.131. The average molecular weight is 575 g/mol. The number of benzene rings is 3. The Morgan fingerprint density at radius 1 is 0.975 bits per heavy atom. The number of carbonyl (C=O) groups is 2. The highest BCUT2D eigenvalue weighted by molar-refractivity contribution is 7.85. The first-order valence-electron chi connectivity index (χ1n) is 12.5.